The van der Waals surface area contributed by atoms with Crippen LogP contribution in [0, 0.1) is 0 Å². The van der Waals surface area contributed by atoms with Gasteiger partial charge in [0.15, 0.2) is 0 Å². The number of hydrogen-bond acceptors (Lipinski definition) is 3. The van der Waals surface area contributed by atoms with Crippen LogP contribution in [0.15, 0.2) is 12.1 Å². The molecule has 0 aromatic heterocycles. The third kappa shape index (κ3) is 2.18. The van der Waals surface area contributed by atoms with Crippen molar-refractivity contribution in [2.24, 2.45) is 5.73 Å². The van der Waals surface area contributed by atoms with Crippen LogP contribution in [-0.2, 0) is 0 Å². The normalized spacial score (nSPS) is 9.85. The molecule has 1 aromatic carbocycles. The zero-order valence-electron chi connectivity index (χ0n) is 7.10. The van der Waals surface area contributed by atoms with Gasteiger partial charge in [0.25, 0.3) is 0 Å². The summed E-state index contributed by atoms with van der Waals surface area (Å²) in [7, 11) is 1.54. The maximum Gasteiger partial charge on any atom is 0.139 e. The van der Waals surface area contributed by atoms with Gasteiger partial charge in [0.2, 0.25) is 0 Å². The summed E-state index contributed by atoms with van der Waals surface area (Å²) in [4.78, 5) is 0. The first-order chi connectivity index (χ1) is 6.20. The molecule has 5 heteroatoms. The molecule has 0 aliphatic carbocycles. The molecular formula is C8H10Cl2N2O. The van der Waals surface area contributed by atoms with Gasteiger partial charge in [-0.15, -0.1) is 0 Å². The van der Waals surface area contributed by atoms with Crippen LogP contribution in [-0.4, -0.2) is 13.8 Å². The van der Waals surface area contributed by atoms with Crippen molar-refractivity contribution in [1.82, 2.24) is 0 Å². The molecule has 13 heavy (non-hydrogen) atoms. The van der Waals surface area contributed by atoms with Crippen LogP contribution in [0.1, 0.15) is 0 Å². The third-order valence-corrected chi connectivity index (χ3v) is 2.42. The summed E-state index contributed by atoms with van der Waals surface area (Å²) in [6.45, 7) is 0.308. The monoisotopic (exact) mass is 220 g/mol. The van der Waals surface area contributed by atoms with Gasteiger partial charge in [-0.1, -0.05) is 23.2 Å². The van der Waals surface area contributed by atoms with Gasteiger partial charge in [-0.2, -0.15) is 0 Å². The van der Waals surface area contributed by atoms with E-state index >= 15 is 0 Å². The van der Waals surface area contributed by atoms with Crippen molar-refractivity contribution >= 4 is 28.9 Å². The molecule has 0 aliphatic heterocycles. The first-order valence-electron chi connectivity index (χ1n) is 3.66. The second-order valence-electron chi connectivity index (χ2n) is 2.32. The molecule has 0 radical (unpaired) electrons. The number of halogens is 2. The Balaban J connectivity index is 3.07. The summed E-state index contributed by atoms with van der Waals surface area (Å²) in [5.74, 6) is 0.550. The minimum absolute atomic E-state index is 0.308. The highest BCUT2D eigenvalue weighted by atomic mass is 35.5. The highest BCUT2D eigenvalue weighted by molar-refractivity contribution is 6.44. The van der Waals surface area contributed by atoms with Gasteiger partial charge in [0, 0.05) is 0 Å². The summed E-state index contributed by atoms with van der Waals surface area (Å²) >= 11 is 11.8. The Morgan fingerprint density at radius 1 is 1.38 bits per heavy atom. The minimum Gasteiger partial charge on any atom is -0.495 e. The van der Waals surface area contributed by atoms with E-state index in [0.29, 0.717) is 28.2 Å². The molecular weight excluding hydrogens is 211 g/mol. The lowest BCUT2D eigenvalue weighted by Crippen LogP contribution is -2.11. The molecule has 0 saturated carbocycles. The first kappa shape index (κ1) is 10.4. The van der Waals surface area contributed by atoms with Gasteiger partial charge < -0.3 is 15.8 Å². The predicted octanol–water partition coefficient (Wildman–Crippen LogP) is 2.33. The smallest absolute Gasteiger partial charge is 0.139 e. The molecule has 1 aromatic rings. The number of methoxy groups -OCH3 is 1. The number of anilines is 1. The second kappa shape index (κ2) is 4.56. The zero-order valence-corrected chi connectivity index (χ0v) is 8.62. The van der Waals surface area contributed by atoms with E-state index in [1.54, 1.807) is 12.1 Å². The topological polar surface area (TPSA) is 47.3 Å². The van der Waals surface area contributed by atoms with E-state index in [1.807, 2.05) is 0 Å². The molecule has 0 aliphatic rings. The lowest BCUT2D eigenvalue weighted by atomic mass is 10.3. The average molecular weight is 221 g/mol. The van der Waals surface area contributed by atoms with Gasteiger partial charge in [-0.25, -0.2) is 0 Å². The van der Waals surface area contributed by atoms with Crippen LogP contribution in [0.25, 0.3) is 0 Å². The third-order valence-electron chi connectivity index (χ3n) is 1.56. The number of nitrogens with two attached hydrogens (primary N) is 1. The molecule has 0 saturated heterocycles. The van der Waals surface area contributed by atoms with Gasteiger partial charge in [0.05, 0.1) is 24.5 Å². The quantitative estimate of drug-likeness (QED) is 0.770. The summed E-state index contributed by atoms with van der Waals surface area (Å²) in [5.41, 5.74) is 6.01. The molecule has 0 fully saturated rings. The maximum absolute atomic E-state index is 5.93. The van der Waals surface area contributed by atoms with Gasteiger partial charge in [-0.05, 0) is 12.1 Å². The Labute approximate surface area is 86.8 Å². The van der Waals surface area contributed by atoms with E-state index in [9.17, 15) is 0 Å². The molecule has 0 bridgehead atoms. The fourth-order valence-electron chi connectivity index (χ4n) is 0.936. The summed E-state index contributed by atoms with van der Waals surface area (Å²) < 4.78 is 4.98. The molecule has 3 nitrogen and oxygen atoms in total. The Hall–Kier alpha value is -0.640. The van der Waals surface area contributed by atoms with Crippen LogP contribution in [0.3, 0.4) is 0 Å². The number of benzene rings is 1. The van der Waals surface area contributed by atoms with Crippen molar-refractivity contribution < 1.29 is 4.74 Å². The Morgan fingerprint density at radius 2 is 2.08 bits per heavy atom. The van der Waals surface area contributed by atoms with Crippen molar-refractivity contribution in [2.75, 3.05) is 19.1 Å². The number of ether oxygens (including phenoxy) is 1. The lowest BCUT2D eigenvalue weighted by Gasteiger charge is -2.09. The maximum atomic E-state index is 5.93. The Bertz CT molecular complexity index is 304. The largest absolute Gasteiger partial charge is 0.495 e. The van der Waals surface area contributed by atoms with E-state index < -0.39 is 0 Å². The van der Waals surface area contributed by atoms with Crippen LogP contribution in [0.5, 0.6) is 5.75 Å². The predicted molar refractivity (Wildman–Crippen MR) is 55.7 cm³/mol. The van der Waals surface area contributed by atoms with E-state index in [1.165, 1.54) is 7.11 Å². The fourth-order valence-corrected chi connectivity index (χ4v) is 1.40. The highest BCUT2D eigenvalue weighted by Crippen LogP contribution is 2.36. The molecule has 1 rings (SSSR count). The number of rotatable bonds is 3. The lowest BCUT2D eigenvalue weighted by molar-refractivity contribution is 0.415. The van der Waals surface area contributed by atoms with E-state index in [0.717, 1.165) is 0 Å². The van der Waals surface area contributed by atoms with Crippen molar-refractivity contribution in [3.63, 3.8) is 0 Å². The summed E-state index contributed by atoms with van der Waals surface area (Å²) in [6, 6.07) is 3.49. The van der Waals surface area contributed by atoms with Crippen molar-refractivity contribution in [3.8, 4) is 5.75 Å². The summed E-state index contributed by atoms with van der Waals surface area (Å²) in [6.07, 6.45) is 0. The molecule has 0 amide bonds. The highest BCUT2D eigenvalue weighted by Gasteiger charge is 2.09. The first-order valence-corrected chi connectivity index (χ1v) is 4.42. The SMILES string of the molecule is COc1ccc(NCN)c(Cl)c1Cl. The van der Waals surface area contributed by atoms with Crippen LogP contribution in [0.4, 0.5) is 5.69 Å². The van der Waals surface area contributed by atoms with E-state index in [2.05, 4.69) is 5.32 Å². The van der Waals surface area contributed by atoms with Gasteiger partial charge in [0.1, 0.15) is 10.8 Å². The molecule has 0 spiro atoms. The summed E-state index contributed by atoms with van der Waals surface area (Å²) in [5, 5.41) is 3.69. The van der Waals surface area contributed by atoms with Crippen molar-refractivity contribution in [3.05, 3.63) is 22.2 Å². The molecule has 72 valence electrons. The Morgan fingerprint density at radius 3 is 2.62 bits per heavy atom. The minimum atomic E-state index is 0.308. The van der Waals surface area contributed by atoms with Crippen molar-refractivity contribution in [2.45, 2.75) is 0 Å². The fraction of sp³-hybridized carbons (Fsp3) is 0.250. The van der Waals surface area contributed by atoms with Crippen LogP contribution >= 0.6 is 23.2 Å². The van der Waals surface area contributed by atoms with E-state index in [4.69, 9.17) is 33.7 Å². The molecule has 0 unspecified atom stereocenters. The number of hydrogen-bond donors (Lipinski definition) is 2. The molecule has 0 atom stereocenters. The Kier molecular flexibility index (Phi) is 3.66. The molecule has 3 N–H and O–H groups in total. The standard InChI is InChI=1S/C8H10Cl2N2O/c1-13-6-3-2-5(12-4-11)7(9)8(6)10/h2-3,12H,4,11H2,1H3. The average Bonchev–Trinajstić information content (AvgIpc) is 2.14. The van der Waals surface area contributed by atoms with Gasteiger partial charge >= 0.3 is 0 Å². The molecule has 0 heterocycles. The van der Waals surface area contributed by atoms with Crippen LogP contribution in [0.2, 0.25) is 10.0 Å². The van der Waals surface area contributed by atoms with Crippen LogP contribution < -0.4 is 15.8 Å². The van der Waals surface area contributed by atoms with Crippen molar-refractivity contribution in [1.29, 1.82) is 0 Å². The van der Waals surface area contributed by atoms with Gasteiger partial charge in [-0.3, -0.25) is 0 Å². The van der Waals surface area contributed by atoms with E-state index in [-0.39, 0.29) is 0 Å². The zero-order chi connectivity index (χ0) is 9.84. The number of nitrogens with one attached hydrogen (secondary N) is 1. The second-order valence-corrected chi connectivity index (χ2v) is 3.08.